The van der Waals surface area contributed by atoms with Crippen molar-refractivity contribution in [3.63, 3.8) is 0 Å². The molecule has 1 aliphatic rings. The van der Waals surface area contributed by atoms with Crippen LogP contribution in [-0.2, 0) is 4.79 Å². The van der Waals surface area contributed by atoms with Crippen LogP contribution in [-0.4, -0.2) is 41.9 Å². The maximum atomic E-state index is 12.0. The Morgan fingerprint density at radius 1 is 1.38 bits per heavy atom. The van der Waals surface area contributed by atoms with Crippen molar-refractivity contribution in [2.75, 3.05) is 25.6 Å². The summed E-state index contributed by atoms with van der Waals surface area (Å²) in [6, 6.07) is 0. The Morgan fingerprint density at radius 2 is 2.00 bits per heavy atom. The lowest BCUT2D eigenvalue weighted by molar-refractivity contribution is -0.131. The summed E-state index contributed by atoms with van der Waals surface area (Å²) in [6.07, 6.45) is 8.23. The van der Waals surface area contributed by atoms with Crippen molar-refractivity contribution in [3.05, 3.63) is 0 Å². The van der Waals surface area contributed by atoms with E-state index in [-0.39, 0.29) is 11.4 Å². The third-order valence-corrected chi connectivity index (χ3v) is 4.00. The first-order valence-corrected chi connectivity index (χ1v) is 7.48. The first-order valence-electron chi connectivity index (χ1n) is 6.09. The smallest absolute Gasteiger partial charge is 0.224 e. The molecular weight excluding hydrogens is 220 g/mol. The van der Waals surface area contributed by atoms with Gasteiger partial charge in [0.2, 0.25) is 5.91 Å². The molecule has 1 amide bonds. The summed E-state index contributed by atoms with van der Waals surface area (Å²) >= 11 is 1.77. The average molecular weight is 244 g/mol. The number of amides is 1. The van der Waals surface area contributed by atoms with Gasteiger partial charge in [-0.2, -0.15) is 11.8 Å². The number of hydrogen-bond acceptors (Lipinski definition) is 3. The number of nitrogens with zero attached hydrogens (tertiary/aromatic N) is 1. The van der Waals surface area contributed by atoms with Crippen LogP contribution in [0, 0.1) is 0 Å². The number of nitrogens with two attached hydrogens (primary N) is 1. The summed E-state index contributed by atoms with van der Waals surface area (Å²) in [5.74, 6) is 1.21. The van der Waals surface area contributed by atoms with Gasteiger partial charge in [-0.3, -0.25) is 4.79 Å². The van der Waals surface area contributed by atoms with Crippen LogP contribution < -0.4 is 5.73 Å². The lowest BCUT2D eigenvalue weighted by atomic mass is 9.80. The van der Waals surface area contributed by atoms with Gasteiger partial charge < -0.3 is 10.6 Å². The normalized spacial score (nSPS) is 19.4. The predicted octanol–water partition coefficient (Wildman–Crippen LogP) is 1.86. The van der Waals surface area contributed by atoms with E-state index in [0.717, 1.165) is 25.1 Å². The highest BCUT2D eigenvalue weighted by molar-refractivity contribution is 7.98. The Morgan fingerprint density at radius 3 is 2.56 bits per heavy atom. The fourth-order valence-corrected chi connectivity index (χ4v) is 2.68. The molecule has 94 valence electrons. The van der Waals surface area contributed by atoms with Crippen molar-refractivity contribution in [2.45, 2.75) is 44.1 Å². The van der Waals surface area contributed by atoms with Crippen molar-refractivity contribution in [2.24, 2.45) is 5.73 Å². The molecular formula is C12H24N2OS. The topological polar surface area (TPSA) is 46.3 Å². The van der Waals surface area contributed by atoms with Crippen LogP contribution in [0.3, 0.4) is 0 Å². The van der Waals surface area contributed by atoms with E-state index in [4.69, 9.17) is 5.73 Å². The fraction of sp³-hybridized carbons (Fsp3) is 0.917. The van der Waals surface area contributed by atoms with Crippen LogP contribution in [0.15, 0.2) is 0 Å². The quantitative estimate of drug-likeness (QED) is 0.803. The van der Waals surface area contributed by atoms with E-state index in [0.29, 0.717) is 6.42 Å². The summed E-state index contributed by atoms with van der Waals surface area (Å²) in [5, 5.41) is 0. The van der Waals surface area contributed by atoms with Crippen molar-refractivity contribution in [1.29, 1.82) is 0 Å². The molecule has 0 saturated heterocycles. The highest BCUT2D eigenvalue weighted by Gasteiger charge is 2.30. The number of thioether (sulfide) groups is 1. The van der Waals surface area contributed by atoms with E-state index in [1.54, 1.807) is 11.8 Å². The van der Waals surface area contributed by atoms with E-state index in [1.807, 2.05) is 11.9 Å². The second-order valence-electron chi connectivity index (χ2n) is 4.91. The standard InChI is InChI=1S/C12H24N2OS/c1-14(8-9-16-2)11(15)10-12(13)6-4-3-5-7-12/h3-10,13H2,1-2H3. The third-order valence-electron chi connectivity index (χ3n) is 3.41. The van der Waals surface area contributed by atoms with Gasteiger partial charge in [0, 0.05) is 31.3 Å². The van der Waals surface area contributed by atoms with Crippen LogP contribution in [0.25, 0.3) is 0 Å². The van der Waals surface area contributed by atoms with E-state index >= 15 is 0 Å². The van der Waals surface area contributed by atoms with E-state index in [9.17, 15) is 4.79 Å². The zero-order valence-electron chi connectivity index (χ0n) is 10.5. The molecule has 0 aromatic heterocycles. The average Bonchev–Trinajstić information content (AvgIpc) is 2.26. The van der Waals surface area contributed by atoms with Gasteiger partial charge in [-0.25, -0.2) is 0 Å². The Hall–Kier alpha value is -0.220. The van der Waals surface area contributed by atoms with E-state index in [2.05, 4.69) is 6.26 Å². The minimum atomic E-state index is -0.219. The monoisotopic (exact) mass is 244 g/mol. The molecule has 0 bridgehead atoms. The first kappa shape index (κ1) is 13.8. The number of hydrogen-bond donors (Lipinski definition) is 1. The Bertz CT molecular complexity index is 227. The molecule has 0 atom stereocenters. The molecule has 1 aliphatic carbocycles. The zero-order chi connectivity index (χ0) is 12.0. The predicted molar refractivity (Wildman–Crippen MR) is 70.6 cm³/mol. The Labute approximate surface area is 103 Å². The summed E-state index contributed by atoms with van der Waals surface area (Å²) in [6.45, 7) is 0.829. The molecule has 2 N–H and O–H groups in total. The molecule has 4 heteroatoms. The number of carbonyl (C=O) groups is 1. The molecule has 3 nitrogen and oxygen atoms in total. The van der Waals surface area contributed by atoms with Crippen LogP contribution in [0.1, 0.15) is 38.5 Å². The lowest BCUT2D eigenvalue weighted by Crippen LogP contribution is -2.46. The minimum absolute atomic E-state index is 0.207. The second kappa shape index (κ2) is 6.50. The Kier molecular flexibility index (Phi) is 5.62. The maximum Gasteiger partial charge on any atom is 0.224 e. The summed E-state index contributed by atoms with van der Waals surface area (Å²) < 4.78 is 0. The third kappa shape index (κ3) is 4.34. The van der Waals surface area contributed by atoms with Gasteiger partial charge in [0.05, 0.1) is 0 Å². The molecule has 0 spiro atoms. The highest BCUT2D eigenvalue weighted by Crippen LogP contribution is 2.29. The summed E-state index contributed by atoms with van der Waals surface area (Å²) in [5.41, 5.74) is 6.05. The van der Waals surface area contributed by atoms with Gasteiger partial charge in [-0.15, -0.1) is 0 Å². The van der Waals surface area contributed by atoms with Crippen molar-refractivity contribution in [1.82, 2.24) is 4.90 Å². The lowest BCUT2D eigenvalue weighted by Gasteiger charge is -2.34. The molecule has 0 aromatic carbocycles. The van der Waals surface area contributed by atoms with Gasteiger partial charge >= 0.3 is 0 Å². The summed E-state index contributed by atoms with van der Waals surface area (Å²) in [4.78, 5) is 13.8. The number of carbonyl (C=O) groups excluding carboxylic acids is 1. The zero-order valence-corrected chi connectivity index (χ0v) is 11.3. The molecule has 1 rings (SSSR count). The van der Waals surface area contributed by atoms with Crippen LogP contribution in [0.2, 0.25) is 0 Å². The highest BCUT2D eigenvalue weighted by atomic mass is 32.2. The van der Waals surface area contributed by atoms with Crippen LogP contribution in [0.5, 0.6) is 0 Å². The Balaban J connectivity index is 2.36. The largest absolute Gasteiger partial charge is 0.345 e. The van der Waals surface area contributed by atoms with Crippen LogP contribution in [0.4, 0.5) is 0 Å². The van der Waals surface area contributed by atoms with Crippen LogP contribution >= 0.6 is 11.8 Å². The minimum Gasteiger partial charge on any atom is -0.345 e. The number of rotatable bonds is 5. The SMILES string of the molecule is CSCCN(C)C(=O)CC1(N)CCCCC1. The van der Waals surface area contributed by atoms with Gasteiger partial charge in [0.15, 0.2) is 0 Å². The molecule has 1 saturated carbocycles. The van der Waals surface area contributed by atoms with Gasteiger partial charge in [0.1, 0.15) is 0 Å². The van der Waals surface area contributed by atoms with Gasteiger partial charge in [-0.1, -0.05) is 19.3 Å². The molecule has 0 unspecified atom stereocenters. The first-order chi connectivity index (χ1) is 7.57. The summed E-state index contributed by atoms with van der Waals surface area (Å²) in [7, 11) is 1.88. The van der Waals surface area contributed by atoms with E-state index < -0.39 is 0 Å². The van der Waals surface area contributed by atoms with Gasteiger partial charge in [0.25, 0.3) is 0 Å². The van der Waals surface area contributed by atoms with Gasteiger partial charge in [-0.05, 0) is 19.1 Å². The molecule has 0 radical (unpaired) electrons. The molecule has 0 aliphatic heterocycles. The van der Waals surface area contributed by atoms with Crippen molar-refractivity contribution >= 4 is 17.7 Å². The molecule has 0 aromatic rings. The molecule has 16 heavy (non-hydrogen) atoms. The molecule has 0 heterocycles. The fourth-order valence-electron chi connectivity index (χ4n) is 2.22. The molecule has 1 fully saturated rings. The van der Waals surface area contributed by atoms with Crippen molar-refractivity contribution < 1.29 is 4.79 Å². The van der Waals surface area contributed by atoms with Crippen molar-refractivity contribution in [3.8, 4) is 0 Å². The van der Waals surface area contributed by atoms with E-state index in [1.165, 1.54) is 19.3 Å². The maximum absolute atomic E-state index is 12.0. The second-order valence-corrected chi connectivity index (χ2v) is 5.89.